The summed E-state index contributed by atoms with van der Waals surface area (Å²) in [6, 6.07) is -0.134. The van der Waals surface area contributed by atoms with Crippen molar-refractivity contribution in [1.82, 2.24) is 10.2 Å². The zero-order valence-corrected chi connectivity index (χ0v) is 9.79. The molecule has 1 aliphatic rings. The second kappa shape index (κ2) is 6.80. The van der Waals surface area contributed by atoms with Gasteiger partial charge < -0.3 is 15.0 Å². The molecular weight excluding hydrogens is 192 g/mol. The third-order valence-electron chi connectivity index (χ3n) is 2.69. The SMILES string of the molecule is CCCCCN(C)C(=O)C1COCCN1. The lowest BCUT2D eigenvalue weighted by Gasteiger charge is -2.27. The third kappa shape index (κ3) is 4.18. The molecule has 4 heteroatoms. The Morgan fingerprint density at radius 3 is 2.93 bits per heavy atom. The van der Waals surface area contributed by atoms with Gasteiger partial charge in [0, 0.05) is 20.1 Å². The highest BCUT2D eigenvalue weighted by Crippen LogP contribution is 2.01. The van der Waals surface area contributed by atoms with Gasteiger partial charge in [-0.15, -0.1) is 0 Å². The van der Waals surface area contributed by atoms with Crippen LogP contribution in [0.25, 0.3) is 0 Å². The fourth-order valence-electron chi connectivity index (χ4n) is 1.70. The van der Waals surface area contributed by atoms with Crippen molar-refractivity contribution in [3.05, 3.63) is 0 Å². The van der Waals surface area contributed by atoms with Crippen molar-refractivity contribution in [2.45, 2.75) is 32.2 Å². The molecule has 0 spiro atoms. The average Bonchev–Trinajstić information content (AvgIpc) is 2.29. The van der Waals surface area contributed by atoms with E-state index in [0.29, 0.717) is 13.2 Å². The van der Waals surface area contributed by atoms with E-state index in [0.717, 1.165) is 19.5 Å². The minimum atomic E-state index is -0.134. The Hall–Kier alpha value is -0.610. The molecule has 1 fully saturated rings. The Morgan fingerprint density at radius 2 is 2.33 bits per heavy atom. The molecule has 1 amide bonds. The van der Waals surface area contributed by atoms with Gasteiger partial charge in [0.1, 0.15) is 6.04 Å². The molecule has 1 aliphatic heterocycles. The monoisotopic (exact) mass is 214 g/mol. The largest absolute Gasteiger partial charge is 0.378 e. The van der Waals surface area contributed by atoms with E-state index in [4.69, 9.17) is 4.74 Å². The number of rotatable bonds is 5. The number of ether oxygens (including phenoxy) is 1. The summed E-state index contributed by atoms with van der Waals surface area (Å²) in [7, 11) is 1.87. The number of hydrogen-bond acceptors (Lipinski definition) is 3. The van der Waals surface area contributed by atoms with Crippen LogP contribution in [0.1, 0.15) is 26.2 Å². The lowest BCUT2D eigenvalue weighted by molar-refractivity contribution is -0.135. The van der Waals surface area contributed by atoms with Gasteiger partial charge in [0.05, 0.1) is 13.2 Å². The number of carbonyl (C=O) groups is 1. The molecule has 0 aromatic rings. The predicted octanol–water partition coefficient (Wildman–Crippen LogP) is 0.623. The van der Waals surface area contributed by atoms with Crippen molar-refractivity contribution >= 4 is 5.91 Å². The van der Waals surface area contributed by atoms with E-state index in [9.17, 15) is 4.79 Å². The quantitative estimate of drug-likeness (QED) is 0.682. The van der Waals surface area contributed by atoms with Crippen LogP contribution < -0.4 is 5.32 Å². The van der Waals surface area contributed by atoms with E-state index in [1.54, 1.807) is 0 Å². The maximum absolute atomic E-state index is 11.9. The van der Waals surface area contributed by atoms with Gasteiger partial charge in [0.25, 0.3) is 0 Å². The first-order valence-electron chi connectivity index (χ1n) is 5.81. The van der Waals surface area contributed by atoms with Crippen LogP contribution in [0.15, 0.2) is 0 Å². The number of hydrogen-bond donors (Lipinski definition) is 1. The smallest absolute Gasteiger partial charge is 0.241 e. The fourth-order valence-corrected chi connectivity index (χ4v) is 1.70. The van der Waals surface area contributed by atoms with Crippen LogP contribution in [-0.2, 0) is 9.53 Å². The minimum Gasteiger partial charge on any atom is -0.378 e. The number of amides is 1. The molecule has 0 bridgehead atoms. The van der Waals surface area contributed by atoms with Gasteiger partial charge >= 0.3 is 0 Å². The van der Waals surface area contributed by atoms with E-state index in [1.165, 1.54) is 12.8 Å². The first-order valence-corrected chi connectivity index (χ1v) is 5.81. The highest BCUT2D eigenvalue weighted by atomic mass is 16.5. The Kier molecular flexibility index (Phi) is 5.65. The van der Waals surface area contributed by atoms with Gasteiger partial charge in [-0.2, -0.15) is 0 Å². The summed E-state index contributed by atoms with van der Waals surface area (Å²) in [5.41, 5.74) is 0. The Bertz CT molecular complexity index is 191. The van der Waals surface area contributed by atoms with Crippen molar-refractivity contribution in [2.75, 3.05) is 33.4 Å². The number of unbranched alkanes of at least 4 members (excludes halogenated alkanes) is 2. The van der Waals surface area contributed by atoms with Crippen LogP contribution in [0.2, 0.25) is 0 Å². The molecule has 15 heavy (non-hydrogen) atoms. The fraction of sp³-hybridized carbons (Fsp3) is 0.909. The summed E-state index contributed by atoms with van der Waals surface area (Å²) in [5, 5.41) is 3.17. The molecule has 4 nitrogen and oxygen atoms in total. The first-order chi connectivity index (χ1) is 7.25. The van der Waals surface area contributed by atoms with E-state index >= 15 is 0 Å². The molecular formula is C11H22N2O2. The van der Waals surface area contributed by atoms with Gasteiger partial charge in [0.2, 0.25) is 5.91 Å². The molecule has 88 valence electrons. The second-order valence-corrected chi connectivity index (χ2v) is 4.05. The van der Waals surface area contributed by atoms with Crippen molar-refractivity contribution < 1.29 is 9.53 Å². The average molecular weight is 214 g/mol. The van der Waals surface area contributed by atoms with Crippen molar-refractivity contribution in [3.63, 3.8) is 0 Å². The predicted molar refractivity (Wildman–Crippen MR) is 59.8 cm³/mol. The second-order valence-electron chi connectivity index (χ2n) is 4.05. The molecule has 0 aromatic carbocycles. The minimum absolute atomic E-state index is 0.134. The summed E-state index contributed by atoms with van der Waals surface area (Å²) in [4.78, 5) is 13.7. The molecule has 0 saturated carbocycles. The number of likely N-dealkylation sites (N-methyl/N-ethyl adjacent to an activating group) is 1. The zero-order valence-electron chi connectivity index (χ0n) is 9.79. The molecule has 0 aliphatic carbocycles. The third-order valence-corrected chi connectivity index (χ3v) is 2.69. The topological polar surface area (TPSA) is 41.6 Å². The molecule has 1 unspecified atom stereocenters. The van der Waals surface area contributed by atoms with E-state index in [1.807, 2.05) is 11.9 Å². The van der Waals surface area contributed by atoms with Crippen LogP contribution in [-0.4, -0.2) is 50.2 Å². The standard InChI is InChI=1S/C11H22N2O2/c1-3-4-5-7-13(2)11(14)10-9-15-8-6-12-10/h10,12H,3-9H2,1-2H3. The molecule has 0 aromatic heterocycles. The van der Waals surface area contributed by atoms with Gasteiger partial charge in [0.15, 0.2) is 0 Å². The number of morpholine rings is 1. The van der Waals surface area contributed by atoms with E-state index in [-0.39, 0.29) is 11.9 Å². The molecule has 1 N–H and O–H groups in total. The summed E-state index contributed by atoms with van der Waals surface area (Å²) in [5.74, 6) is 0.158. The highest BCUT2D eigenvalue weighted by Gasteiger charge is 2.23. The van der Waals surface area contributed by atoms with Crippen LogP contribution in [0.4, 0.5) is 0 Å². The maximum atomic E-state index is 11.9. The van der Waals surface area contributed by atoms with Crippen molar-refractivity contribution in [1.29, 1.82) is 0 Å². The van der Waals surface area contributed by atoms with Crippen LogP contribution in [0, 0.1) is 0 Å². The van der Waals surface area contributed by atoms with E-state index < -0.39 is 0 Å². The van der Waals surface area contributed by atoms with Crippen LogP contribution in [0.5, 0.6) is 0 Å². The zero-order chi connectivity index (χ0) is 11.1. The van der Waals surface area contributed by atoms with Crippen LogP contribution in [0.3, 0.4) is 0 Å². The van der Waals surface area contributed by atoms with E-state index in [2.05, 4.69) is 12.2 Å². The first kappa shape index (κ1) is 12.5. The van der Waals surface area contributed by atoms with Gasteiger partial charge in [-0.05, 0) is 6.42 Å². The summed E-state index contributed by atoms with van der Waals surface area (Å²) < 4.78 is 5.27. The number of nitrogens with zero attached hydrogens (tertiary/aromatic N) is 1. The van der Waals surface area contributed by atoms with Gasteiger partial charge in [-0.3, -0.25) is 4.79 Å². The highest BCUT2D eigenvalue weighted by molar-refractivity contribution is 5.81. The van der Waals surface area contributed by atoms with Crippen molar-refractivity contribution in [2.24, 2.45) is 0 Å². The molecule has 0 radical (unpaired) electrons. The van der Waals surface area contributed by atoms with Crippen molar-refractivity contribution in [3.8, 4) is 0 Å². The molecule has 1 heterocycles. The summed E-state index contributed by atoms with van der Waals surface area (Å²) >= 11 is 0. The normalized spacial score (nSPS) is 21.3. The number of nitrogens with one attached hydrogen (secondary N) is 1. The molecule has 1 rings (SSSR count). The Morgan fingerprint density at radius 1 is 1.53 bits per heavy atom. The Labute approximate surface area is 92.0 Å². The lowest BCUT2D eigenvalue weighted by Crippen LogP contribution is -2.51. The number of carbonyl (C=O) groups excluding carboxylic acids is 1. The summed E-state index contributed by atoms with van der Waals surface area (Å²) in [6.45, 7) is 5.02. The maximum Gasteiger partial charge on any atom is 0.241 e. The summed E-state index contributed by atoms with van der Waals surface area (Å²) in [6.07, 6.45) is 3.46. The molecule has 1 saturated heterocycles. The molecule has 1 atom stereocenters. The van der Waals surface area contributed by atoms with Crippen LogP contribution >= 0.6 is 0 Å². The van der Waals surface area contributed by atoms with Gasteiger partial charge in [-0.25, -0.2) is 0 Å². The Balaban J connectivity index is 2.24. The van der Waals surface area contributed by atoms with Gasteiger partial charge in [-0.1, -0.05) is 19.8 Å². The lowest BCUT2D eigenvalue weighted by atomic mass is 10.2.